The van der Waals surface area contributed by atoms with Crippen molar-refractivity contribution in [1.29, 1.82) is 0 Å². The fraction of sp³-hybridized carbons (Fsp3) is 0.250. The maximum absolute atomic E-state index is 12.4. The first kappa shape index (κ1) is 14.2. The molecule has 22 heavy (non-hydrogen) atoms. The lowest BCUT2D eigenvalue weighted by Gasteiger charge is -2.26. The number of hydrogen-bond acceptors (Lipinski definition) is 4. The highest BCUT2D eigenvalue weighted by molar-refractivity contribution is 6.04. The summed E-state index contributed by atoms with van der Waals surface area (Å²) in [6.07, 6.45) is 5.59. The van der Waals surface area contributed by atoms with Crippen molar-refractivity contribution in [3.8, 4) is 0 Å². The predicted molar refractivity (Wildman–Crippen MR) is 80.1 cm³/mol. The molecule has 1 heterocycles. The molecule has 0 spiro atoms. The van der Waals surface area contributed by atoms with Crippen LogP contribution >= 0.6 is 0 Å². The third-order valence-corrected chi connectivity index (χ3v) is 3.82. The van der Waals surface area contributed by atoms with Gasteiger partial charge in [-0.2, -0.15) is 0 Å². The fourth-order valence-corrected chi connectivity index (χ4v) is 2.81. The van der Waals surface area contributed by atoms with Gasteiger partial charge in [-0.15, -0.1) is 0 Å². The number of amides is 2. The number of aromatic nitrogens is 2. The van der Waals surface area contributed by atoms with E-state index in [1.165, 1.54) is 18.0 Å². The van der Waals surface area contributed by atoms with E-state index in [1.54, 1.807) is 0 Å². The summed E-state index contributed by atoms with van der Waals surface area (Å²) in [5.74, 6) is -1.19. The number of carbonyl (C=O) groups excluding carboxylic acids is 2. The summed E-state index contributed by atoms with van der Waals surface area (Å²) < 4.78 is 0. The van der Waals surface area contributed by atoms with Gasteiger partial charge in [0.1, 0.15) is 0 Å². The second-order valence-corrected chi connectivity index (χ2v) is 5.23. The van der Waals surface area contributed by atoms with E-state index in [0.29, 0.717) is 0 Å². The molecule has 112 valence electrons. The first-order valence-corrected chi connectivity index (χ1v) is 7.16. The Morgan fingerprint density at radius 2 is 1.86 bits per heavy atom. The van der Waals surface area contributed by atoms with Crippen LogP contribution in [0.4, 0.5) is 0 Å². The molecule has 1 aromatic carbocycles. The molecule has 0 radical (unpaired) electrons. The third-order valence-electron chi connectivity index (χ3n) is 3.82. The van der Waals surface area contributed by atoms with E-state index in [-0.39, 0.29) is 17.4 Å². The Labute approximate surface area is 127 Å². The topological polar surface area (TPSA) is 98.0 Å². The Bertz CT molecular complexity index is 730. The average molecular weight is 296 g/mol. The van der Waals surface area contributed by atoms with Crippen LogP contribution in [0, 0.1) is 0 Å². The van der Waals surface area contributed by atoms with Gasteiger partial charge in [0.05, 0.1) is 6.04 Å². The summed E-state index contributed by atoms with van der Waals surface area (Å²) in [5.41, 5.74) is 7.46. The molecule has 6 heteroatoms. The van der Waals surface area contributed by atoms with Crippen molar-refractivity contribution in [2.45, 2.75) is 25.3 Å². The molecule has 0 bridgehead atoms. The third kappa shape index (κ3) is 2.67. The lowest BCUT2D eigenvalue weighted by molar-refractivity contribution is 0.0911. The van der Waals surface area contributed by atoms with Crippen molar-refractivity contribution in [2.75, 3.05) is 0 Å². The molecule has 6 nitrogen and oxygen atoms in total. The van der Waals surface area contributed by atoms with Crippen LogP contribution in [0.25, 0.3) is 0 Å². The van der Waals surface area contributed by atoms with E-state index >= 15 is 0 Å². The smallest absolute Gasteiger partial charge is 0.272 e. The van der Waals surface area contributed by atoms with Crippen molar-refractivity contribution < 1.29 is 9.59 Å². The number of rotatable bonds is 3. The predicted octanol–water partition coefficient (Wildman–Crippen LogP) is 1.38. The van der Waals surface area contributed by atoms with Crippen LogP contribution in [0.2, 0.25) is 0 Å². The first-order valence-electron chi connectivity index (χ1n) is 7.16. The molecule has 0 fully saturated rings. The number of fused-ring (bicyclic) bond motifs is 1. The molecule has 0 aliphatic heterocycles. The Balaban J connectivity index is 1.86. The summed E-state index contributed by atoms with van der Waals surface area (Å²) in [7, 11) is 0. The summed E-state index contributed by atoms with van der Waals surface area (Å²) >= 11 is 0. The molecule has 1 atom stereocenters. The summed E-state index contributed by atoms with van der Waals surface area (Å²) in [6.45, 7) is 0. The fourth-order valence-electron chi connectivity index (χ4n) is 2.81. The van der Waals surface area contributed by atoms with E-state index < -0.39 is 11.8 Å². The van der Waals surface area contributed by atoms with Gasteiger partial charge in [-0.1, -0.05) is 24.3 Å². The van der Waals surface area contributed by atoms with Gasteiger partial charge in [0.15, 0.2) is 11.4 Å². The van der Waals surface area contributed by atoms with Gasteiger partial charge in [-0.05, 0) is 30.4 Å². The van der Waals surface area contributed by atoms with Gasteiger partial charge in [0, 0.05) is 12.4 Å². The van der Waals surface area contributed by atoms with Gasteiger partial charge in [-0.3, -0.25) is 9.59 Å². The molecule has 2 aromatic rings. The highest BCUT2D eigenvalue weighted by Gasteiger charge is 2.24. The number of nitrogens with two attached hydrogens (primary N) is 1. The van der Waals surface area contributed by atoms with E-state index in [4.69, 9.17) is 5.73 Å². The number of nitrogens with zero attached hydrogens (tertiary/aromatic N) is 2. The zero-order chi connectivity index (χ0) is 15.5. The molecule has 1 unspecified atom stereocenters. The van der Waals surface area contributed by atoms with Crippen molar-refractivity contribution in [1.82, 2.24) is 15.3 Å². The van der Waals surface area contributed by atoms with E-state index in [0.717, 1.165) is 24.8 Å². The van der Waals surface area contributed by atoms with Crippen molar-refractivity contribution in [2.24, 2.45) is 5.73 Å². The second-order valence-electron chi connectivity index (χ2n) is 5.23. The number of carbonyl (C=O) groups is 2. The minimum Gasteiger partial charge on any atom is -0.364 e. The SMILES string of the molecule is NC(=O)c1nccnc1C(=O)NC1CCCc2ccccc21. The van der Waals surface area contributed by atoms with E-state index in [2.05, 4.69) is 21.4 Å². The highest BCUT2D eigenvalue weighted by atomic mass is 16.2. The maximum atomic E-state index is 12.4. The van der Waals surface area contributed by atoms with Gasteiger partial charge >= 0.3 is 0 Å². The summed E-state index contributed by atoms with van der Waals surface area (Å²) in [6, 6.07) is 7.97. The summed E-state index contributed by atoms with van der Waals surface area (Å²) in [5, 5.41) is 2.94. The van der Waals surface area contributed by atoms with Gasteiger partial charge in [-0.25, -0.2) is 9.97 Å². The summed E-state index contributed by atoms with van der Waals surface area (Å²) in [4.78, 5) is 31.6. The normalized spacial score (nSPS) is 16.6. The minimum absolute atomic E-state index is 0.0296. The second kappa shape index (κ2) is 5.93. The Morgan fingerprint density at radius 3 is 2.64 bits per heavy atom. The number of benzene rings is 1. The number of nitrogens with one attached hydrogen (secondary N) is 1. The molecule has 1 aliphatic rings. The Morgan fingerprint density at radius 1 is 1.14 bits per heavy atom. The molecule has 3 rings (SSSR count). The maximum Gasteiger partial charge on any atom is 0.272 e. The minimum atomic E-state index is -0.762. The number of primary amides is 1. The van der Waals surface area contributed by atoms with Gasteiger partial charge in [0.25, 0.3) is 11.8 Å². The monoisotopic (exact) mass is 296 g/mol. The van der Waals surface area contributed by atoms with Crippen LogP contribution in [0.3, 0.4) is 0 Å². The molecule has 0 saturated heterocycles. The average Bonchev–Trinajstić information content (AvgIpc) is 2.55. The Hall–Kier alpha value is -2.76. The van der Waals surface area contributed by atoms with Crippen LogP contribution < -0.4 is 11.1 Å². The highest BCUT2D eigenvalue weighted by Crippen LogP contribution is 2.29. The lowest BCUT2D eigenvalue weighted by atomic mass is 9.87. The molecular weight excluding hydrogens is 280 g/mol. The van der Waals surface area contributed by atoms with Crippen LogP contribution in [-0.2, 0) is 6.42 Å². The van der Waals surface area contributed by atoms with Gasteiger partial charge < -0.3 is 11.1 Å². The molecule has 1 aromatic heterocycles. The molecule has 3 N–H and O–H groups in total. The molecule has 2 amide bonds. The van der Waals surface area contributed by atoms with Crippen LogP contribution in [0.15, 0.2) is 36.7 Å². The molecule has 0 saturated carbocycles. The number of hydrogen-bond donors (Lipinski definition) is 2. The zero-order valence-electron chi connectivity index (χ0n) is 12.0. The van der Waals surface area contributed by atoms with Crippen LogP contribution in [0.5, 0.6) is 0 Å². The van der Waals surface area contributed by atoms with Crippen molar-refractivity contribution in [3.63, 3.8) is 0 Å². The lowest BCUT2D eigenvalue weighted by Crippen LogP contribution is -2.33. The Kier molecular flexibility index (Phi) is 3.82. The first-order chi connectivity index (χ1) is 10.7. The van der Waals surface area contributed by atoms with Gasteiger partial charge in [0.2, 0.25) is 0 Å². The largest absolute Gasteiger partial charge is 0.364 e. The van der Waals surface area contributed by atoms with Crippen molar-refractivity contribution in [3.05, 3.63) is 59.2 Å². The quantitative estimate of drug-likeness (QED) is 0.894. The van der Waals surface area contributed by atoms with E-state index in [9.17, 15) is 9.59 Å². The zero-order valence-corrected chi connectivity index (χ0v) is 12.0. The van der Waals surface area contributed by atoms with Crippen LogP contribution in [-0.4, -0.2) is 21.8 Å². The number of aryl methyl sites for hydroxylation is 1. The van der Waals surface area contributed by atoms with Crippen molar-refractivity contribution >= 4 is 11.8 Å². The van der Waals surface area contributed by atoms with Crippen LogP contribution in [0.1, 0.15) is 51.0 Å². The van der Waals surface area contributed by atoms with E-state index in [1.807, 2.05) is 18.2 Å². The standard InChI is InChI=1S/C16H16N4O2/c17-15(21)13-14(19-9-8-18-13)16(22)20-12-7-3-5-10-4-1-2-6-11(10)12/h1-2,4,6,8-9,12H,3,5,7H2,(H2,17,21)(H,20,22). The molecular formula is C16H16N4O2. The molecule has 1 aliphatic carbocycles.